The van der Waals surface area contributed by atoms with Gasteiger partial charge < -0.3 is 29.5 Å². The Labute approximate surface area is 180 Å². The van der Waals surface area contributed by atoms with E-state index < -0.39 is 18.3 Å². The molecule has 1 heterocycles. The van der Waals surface area contributed by atoms with Crippen LogP contribution in [0.3, 0.4) is 0 Å². The molecule has 0 bridgehead atoms. The highest BCUT2D eigenvalue weighted by atomic mass is 16.5. The number of carbonyl (C=O) groups is 2. The zero-order valence-corrected chi connectivity index (χ0v) is 19.0. The van der Waals surface area contributed by atoms with Gasteiger partial charge in [0.1, 0.15) is 18.3 Å². The monoisotopic (exact) mass is 428 g/mol. The van der Waals surface area contributed by atoms with Crippen LogP contribution in [-0.4, -0.2) is 96.1 Å². The van der Waals surface area contributed by atoms with Crippen LogP contribution in [0.4, 0.5) is 0 Å². The molecule has 1 aliphatic heterocycles. The molecule has 0 unspecified atom stereocenters. The highest BCUT2D eigenvalue weighted by Crippen LogP contribution is 2.12. The number of nitrogens with zero attached hydrogens (tertiary/aromatic N) is 2. The quantitative estimate of drug-likeness (QED) is 0.617. The Balaban J connectivity index is 2.98. The van der Waals surface area contributed by atoms with Crippen molar-refractivity contribution >= 4 is 11.8 Å². The van der Waals surface area contributed by atoms with E-state index in [2.05, 4.69) is 13.8 Å². The Morgan fingerprint density at radius 1 is 1.20 bits per heavy atom. The molecule has 2 amide bonds. The maximum atomic E-state index is 12.4. The van der Waals surface area contributed by atoms with Crippen LogP contribution in [-0.2, 0) is 19.1 Å². The van der Waals surface area contributed by atoms with Crippen LogP contribution >= 0.6 is 0 Å². The molecule has 0 saturated heterocycles. The Morgan fingerprint density at radius 2 is 1.90 bits per heavy atom. The summed E-state index contributed by atoms with van der Waals surface area (Å²) >= 11 is 0. The van der Waals surface area contributed by atoms with Gasteiger partial charge in [-0.15, -0.1) is 0 Å². The van der Waals surface area contributed by atoms with Crippen LogP contribution in [0.1, 0.15) is 47.0 Å². The van der Waals surface area contributed by atoms with Gasteiger partial charge in [-0.2, -0.15) is 0 Å². The molecule has 0 aromatic heterocycles. The minimum atomic E-state index is -1.19. The first-order chi connectivity index (χ1) is 14.3. The molecule has 8 heteroatoms. The number of aliphatic hydroxyl groups is 2. The zero-order valence-electron chi connectivity index (χ0n) is 19.0. The molecule has 0 fully saturated rings. The summed E-state index contributed by atoms with van der Waals surface area (Å²) in [6.07, 6.45) is 2.59. The first kappa shape index (κ1) is 26.6. The van der Waals surface area contributed by atoms with Crippen molar-refractivity contribution in [2.75, 3.05) is 46.0 Å². The zero-order chi connectivity index (χ0) is 22.5. The predicted molar refractivity (Wildman–Crippen MR) is 115 cm³/mol. The van der Waals surface area contributed by atoms with Gasteiger partial charge in [0.25, 0.3) is 0 Å². The highest BCUT2D eigenvalue weighted by Gasteiger charge is 2.30. The van der Waals surface area contributed by atoms with Gasteiger partial charge in [-0.3, -0.25) is 9.59 Å². The Morgan fingerprint density at radius 3 is 2.53 bits per heavy atom. The van der Waals surface area contributed by atoms with Gasteiger partial charge in [-0.25, -0.2) is 0 Å². The van der Waals surface area contributed by atoms with Gasteiger partial charge >= 0.3 is 0 Å². The van der Waals surface area contributed by atoms with Gasteiger partial charge in [0.15, 0.2) is 0 Å². The minimum absolute atomic E-state index is 0.0406. The molecule has 0 aromatic rings. The number of aliphatic hydroxyl groups excluding tert-OH is 2. The fourth-order valence-electron chi connectivity index (χ4n) is 3.11. The third-order valence-electron chi connectivity index (χ3n) is 5.10. The van der Waals surface area contributed by atoms with Crippen LogP contribution in [0.2, 0.25) is 0 Å². The summed E-state index contributed by atoms with van der Waals surface area (Å²) in [6.45, 7) is 9.51. The summed E-state index contributed by atoms with van der Waals surface area (Å²) in [7, 11) is 0. The summed E-state index contributed by atoms with van der Waals surface area (Å²) in [5.41, 5.74) is 0. The summed E-state index contributed by atoms with van der Waals surface area (Å²) < 4.78 is 11.3. The topological polar surface area (TPSA) is 99.5 Å². The number of carbonyl (C=O) groups excluding carboxylic acids is 2. The van der Waals surface area contributed by atoms with E-state index in [1.54, 1.807) is 15.9 Å². The van der Waals surface area contributed by atoms with Gasteiger partial charge in [-0.1, -0.05) is 32.9 Å². The van der Waals surface area contributed by atoms with E-state index in [1.807, 2.05) is 13.0 Å². The normalized spacial score (nSPS) is 25.8. The van der Waals surface area contributed by atoms with Crippen LogP contribution in [0, 0.1) is 5.92 Å². The SMILES string of the molecule is CCCC(=O)N1C/C=C\COC[C@H](O)[C@H](O)[C@@H](OCCC(C)C)CN(C(C)=O)CC1. The minimum Gasteiger partial charge on any atom is -0.388 e. The Kier molecular flexibility index (Phi) is 12.8. The number of hydrogen-bond acceptors (Lipinski definition) is 6. The van der Waals surface area contributed by atoms with E-state index in [4.69, 9.17) is 9.47 Å². The second-order valence-electron chi connectivity index (χ2n) is 8.21. The third kappa shape index (κ3) is 10.0. The van der Waals surface area contributed by atoms with Crippen molar-refractivity contribution in [3.8, 4) is 0 Å². The van der Waals surface area contributed by atoms with Crippen molar-refractivity contribution in [3.05, 3.63) is 12.2 Å². The standard InChI is InChI=1S/C22H40N2O6/c1-5-8-21(27)23-10-6-7-13-29-16-19(26)22(28)20(30-14-9-17(2)3)15-24(12-11-23)18(4)25/h6-7,17,19-20,22,26,28H,5,8-16H2,1-4H3/b7-6-/t19-,20-,22-/m0/s1. The molecule has 174 valence electrons. The lowest BCUT2D eigenvalue weighted by Gasteiger charge is -2.33. The lowest BCUT2D eigenvalue weighted by molar-refractivity contribution is -0.141. The number of rotatable bonds is 6. The van der Waals surface area contributed by atoms with Gasteiger partial charge in [-0.05, 0) is 18.8 Å². The molecule has 0 saturated carbocycles. The van der Waals surface area contributed by atoms with Gasteiger partial charge in [0.05, 0.1) is 13.2 Å². The molecule has 1 rings (SSSR count). The molecule has 1 aliphatic rings. The first-order valence-electron chi connectivity index (χ1n) is 11.0. The van der Waals surface area contributed by atoms with Crippen molar-refractivity contribution in [1.82, 2.24) is 9.80 Å². The van der Waals surface area contributed by atoms with E-state index in [1.165, 1.54) is 6.92 Å². The lowest BCUT2D eigenvalue weighted by Crippen LogP contribution is -2.50. The van der Waals surface area contributed by atoms with E-state index in [0.717, 1.165) is 12.8 Å². The second kappa shape index (κ2) is 14.5. The molecule has 2 N–H and O–H groups in total. The van der Waals surface area contributed by atoms with Gasteiger partial charge in [0, 0.05) is 46.1 Å². The number of amides is 2. The Hall–Kier alpha value is -1.48. The van der Waals surface area contributed by atoms with Crippen LogP contribution < -0.4 is 0 Å². The molecule has 0 spiro atoms. The number of hydrogen-bond donors (Lipinski definition) is 2. The molecular formula is C22H40N2O6. The van der Waals surface area contributed by atoms with Crippen LogP contribution in [0.15, 0.2) is 12.2 Å². The van der Waals surface area contributed by atoms with Crippen LogP contribution in [0.5, 0.6) is 0 Å². The average molecular weight is 429 g/mol. The number of ether oxygens (including phenoxy) is 2. The fourth-order valence-corrected chi connectivity index (χ4v) is 3.11. The third-order valence-corrected chi connectivity index (χ3v) is 5.10. The van der Waals surface area contributed by atoms with E-state index >= 15 is 0 Å². The van der Waals surface area contributed by atoms with Crippen molar-refractivity contribution in [1.29, 1.82) is 0 Å². The van der Waals surface area contributed by atoms with E-state index in [-0.39, 0.29) is 31.6 Å². The average Bonchev–Trinajstić information content (AvgIpc) is 2.68. The summed E-state index contributed by atoms with van der Waals surface area (Å²) in [5.74, 6) is 0.303. The molecule has 8 nitrogen and oxygen atoms in total. The maximum Gasteiger partial charge on any atom is 0.222 e. The van der Waals surface area contributed by atoms with Crippen molar-refractivity contribution < 1.29 is 29.3 Å². The second-order valence-corrected chi connectivity index (χ2v) is 8.21. The lowest BCUT2D eigenvalue weighted by atomic mass is 10.1. The van der Waals surface area contributed by atoms with Crippen molar-refractivity contribution in [3.63, 3.8) is 0 Å². The van der Waals surface area contributed by atoms with Crippen molar-refractivity contribution in [2.45, 2.75) is 65.3 Å². The molecular weight excluding hydrogens is 388 g/mol. The maximum absolute atomic E-state index is 12.4. The molecule has 0 radical (unpaired) electrons. The first-order valence-corrected chi connectivity index (χ1v) is 11.0. The van der Waals surface area contributed by atoms with E-state index in [9.17, 15) is 19.8 Å². The smallest absolute Gasteiger partial charge is 0.222 e. The summed E-state index contributed by atoms with van der Waals surface area (Å²) in [6, 6.07) is 0. The molecule has 3 atom stereocenters. The van der Waals surface area contributed by atoms with Crippen LogP contribution in [0.25, 0.3) is 0 Å². The molecule has 0 aliphatic carbocycles. The van der Waals surface area contributed by atoms with Crippen molar-refractivity contribution in [2.24, 2.45) is 5.92 Å². The Bertz CT molecular complexity index is 540. The molecule has 0 aromatic carbocycles. The highest BCUT2D eigenvalue weighted by molar-refractivity contribution is 5.76. The fraction of sp³-hybridized carbons (Fsp3) is 0.818. The van der Waals surface area contributed by atoms with Gasteiger partial charge in [0.2, 0.25) is 11.8 Å². The van der Waals surface area contributed by atoms with E-state index in [0.29, 0.717) is 38.6 Å². The largest absolute Gasteiger partial charge is 0.388 e. The summed E-state index contributed by atoms with van der Waals surface area (Å²) in [5, 5.41) is 21.0. The predicted octanol–water partition coefficient (Wildman–Crippen LogP) is 1.20. The molecule has 30 heavy (non-hydrogen) atoms. The summed E-state index contributed by atoms with van der Waals surface area (Å²) in [4.78, 5) is 28.0.